The summed E-state index contributed by atoms with van der Waals surface area (Å²) in [7, 11) is 2.12. The molecule has 1 aromatic rings. The van der Waals surface area contributed by atoms with Gasteiger partial charge in [-0.05, 0) is 72.8 Å². The van der Waals surface area contributed by atoms with Crippen LogP contribution in [-0.4, -0.2) is 35.1 Å². The Morgan fingerprint density at radius 3 is 2.52 bits per heavy atom. The number of amides is 1. The molecule has 0 aliphatic heterocycles. The lowest BCUT2D eigenvalue weighted by molar-refractivity contribution is -0.114. The third-order valence-electron chi connectivity index (χ3n) is 4.33. The van der Waals surface area contributed by atoms with E-state index in [-0.39, 0.29) is 24.4 Å². The fourth-order valence-electron chi connectivity index (χ4n) is 3.15. The highest BCUT2D eigenvalue weighted by atomic mass is 79.9. The second-order valence-electron chi connectivity index (χ2n) is 6.34. The third-order valence-corrected chi connectivity index (χ3v) is 4.95. The van der Waals surface area contributed by atoms with Gasteiger partial charge in [-0.3, -0.25) is 9.69 Å². The Balaban J connectivity index is 0.00000264. The summed E-state index contributed by atoms with van der Waals surface area (Å²) >= 11 is 3.55. The lowest BCUT2D eigenvalue weighted by atomic mass is 9.92. The summed E-state index contributed by atoms with van der Waals surface area (Å²) < 4.78 is 0.921. The zero-order chi connectivity index (χ0) is 16.3. The third kappa shape index (κ3) is 5.75. The molecule has 0 aromatic heterocycles. The van der Waals surface area contributed by atoms with Gasteiger partial charge in [-0.25, -0.2) is 0 Å². The van der Waals surface area contributed by atoms with Gasteiger partial charge in [0.2, 0.25) is 5.91 Å². The molecule has 0 saturated heterocycles. The molecule has 0 spiro atoms. The first-order valence-corrected chi connectivity index (χ1v) is 8.61. The average molecular weight is 406 g/mol. The Hall–Kier alpha value is -0.620. The number of aryl methyl sites for hydroxylation is 1. The molecule has 1 saturated carbocycles. The molecular weight excluding hydrogens is 380 g/mol. The number of carbonyl (C=O) groups excluding carboxylic acids is 1. The van der Waals surface area contributed by atoms with Crippen LogP contribution in [0.1, 0.15) is 43.7 Å². The van der Waals surface area contributed by atoms with Crippen molar-refractivity contribution in [1.29, 1.82) is 0 Å². The molecule has 1 aliphatic carbocycles. The zero-order valence-electron chi connectivity index (χ0n) is 13.9. The van der Waals surface area contributed by atoms with E-state index in [0.717, 1.165) is 48.0 Å². The summed E-state index contributed by atoms with van der Waals surface area (Å²) in [4.78, 5) is 13.8. The van der Waals surface area contributed by atoms with E-state index in [0.29, 0.717) is 6.04 Å². The van der Waals surface area contributed by atoms with Gasteiger partial charge in [-0.1, -0.05) is 6.07 Å². The van der Waals surface area contributed by atoms with Crippen molar-refractivity contribution in [2.24, 2.45) is 0 Å². The zero-order valence-corrected chi connectivity index (χ0v) is 16.3. The van der Waals surface area contributed by atoms with Crippen LogP contribution in [0, 0.1) is 6.92 Å². The van der Waals surface area contributed by atoms with Crippen molar-refractivity contribution >= 4 is 39.9 Å². The molecule has 0 atom stereocenters. The van der Waals surface area contributed by atoms with E-state index in [1.807, 2.05) is 6.07 Å². The predicted molar refractivity (Wildman–Crippen MR) is 100 cm³/mol. The average Bonchev–Trinajstić information content (AvgIpc) is 2.43. The molecule has 0 radical (unpaired) electrons. The summed E-state index contributed by atoms with van der Waals surface area (Å²) in [6.45, 7) is 4.38. The standard InChI is InChI=1S/C17H25BrN2O2.ClH/c1-11-8-13(17(16(18)9-11)19-12(2)21)10-20(3)14-4-6-15(22)7-5-14;/h8-9,14-15,22H,4-7,10H2,1-3H3,(H,19,21);1H/t14-,15-;. The highest BCUT2D eigenvalue weighted by Gasteiger charge is 2.23. The minimum Gasteiger partial charge on any atom is -0.393 e. The number of aliphatic hydroxyl groups is 1. The Morgan fingerprint density at radius 1 is 1.35 bits per heavy atom. The summed E-state index contributed by atoms with van der Waals surface area (Å²) in [5, 5.41) is 12.6. The molecule has 1 aromatic carbocycles. The number of carbonyl (C=O) groups is 1. The first-order chi connectivity index (χ1) is 10.4. The first-order valence-electron chi connectivity index (χ1n) is 7.81. The van der Waals surface area contributed by atoms with E-state index in [9.17, 15) is 9.90 Å². The topological polar surface area (TPSA) is 52.6 Å². The maximum Gasteiger partial charge on any atom is 0.221 e. The van der Waals surface area contributed by atoms with Crippen molar-refractivity contribution in [2.75, 3.05) is 12.4 Å². The van der Waals surface area contributed by atoms with Crippen LogP contribution in [0.15, 0.2) is 16.6 Å². The van der Waals surface area contributed by atoms with Crippen LogP contribution < -0.4 is 5.32 Å². The molecule has 0 unspecified atom stereocenters. The lowest BCUT2D eigenvalue weighted by Crippen LogP contribution is -2.36. The van der Waals surface area contributed by atoms with Gasteiger partial charge in [-0.15, -0.1) is 12.4 Å². The highest BCUT2D eigenvalue weighted by Crippen LogP contribution is 2.31. The Bertz CT molecular complexity index is 546. The molecule has 2 rings (SSSR count). The number of nitrogens with one attached hydrogen (secondary N) is 1. The van der Waals surface area contributed by atoms with Crippen LogP contribution >= 0.6 is 28.3 Å². The maximum absolute atomic E-state index is 11.5. The summed E-state index contributed by atoms with van der Waals surface area (Å²) in [5.74, 6) is -0.0609. The Labute approximate surface area is 153 Å². The van der Waals surface area contributed by atoms with Crippen molar-refractivity contribution in [2.45, 2.75) is 58.2 Å². The van der Waals surface area contributed by atoms with E-state index in [1.54, 1.807) is 0 Å². The molecule has 23 heavy (non-hydrogen) atoms. The van der Waals surface area contributed by atoms with Crippen LogP contribution in [0.4, 0.5) is 5.69 Å². The van der Waals surface area contributed by atoms with Gasteiger partial charge in [-0.2, -0.15) is 0 Å². The number of hydrogen-bond donors (Lipinski definition) is 2. The van der Waals surface area contributed by atoms with Gasteiger partial charge in [0.15, 0.2) is 0 Å². The smallest absolute Gasteiger partial charge is 0.221 e. The molecule has 1 fully saturated rings. The lowest BCUT2D eigenvalue weighted by Gasteiger charge is -2.33. The van der Waals surface area contributed by atoms with Crippen LogP contribution in [-0.2, 0) is 11.3 Å². The number of halogens is 2. The van der Waals surface area contributed by atoms with E-state index in [4.69, 9.17) is 0 Å². The Kier molecular flexibility index (Phi) is 8.01. The van der Waals surface area contributed by atoms with E-state index >= 15 is 0 Å². The van der Waals surface area contributed by atoms with E-state index in [2.05, 4.69) is 46.2 Å². The van der Waals surface area contributed by atoms with Crippen molar-refractivity contribution < 1.29 is 9.90 Å². The molecule has 2 N–H and O–H groups in total. The summed E-state index contributed by atoms with van der Waals surface area (Å²) in [5.41, 5.74) is 3.15. The molecule has 1 amide bonds. The highest BCUT2D eigenvalue weighted by molar-refractivity contribution is 9.10. The van der Waals surface area contributed by atoms with Crippen LogP contribution in [0.5, 0.6) is 0 Å². The summed E-state index contributed by atoms with van der Waals surface area (Å²) in [6.07, 6.45) is 3.68. The first kappa shape index (κ1) is 20.4. The fourth-order valence-corrected chi connectivity index (χ4v) is 3.87. The number of nitrogens with zero attached hydrogens (tertiary/aromatic N) is 1. The molecule has 1 aliphatic rings. The SMILES string of the molecule is CC(=O)Nc1c(Br)cc(C)cc1CN(C)[C@H]1CC[C@H](O)CC1.Cl. The van der Waals surface area contributed by atoms with E-state index < -0.39 is 0 Å². The molecular formula is C17H26BrClN2O2. The number of hydrogen-bond acceptors (Lipinski definition) is 3. The predicted octanol–water partition coefficient (Wildman–Crippen LogP) is 3.87. The quantitative estimate of drug-likeness (QED) is 0.799. The number of benzene rings is 1. The monoisotopic (exact) mass is 404 g/mol. The van der Waals surface area contributed by atoms with Crippen molar-refractivity contribution in [3.8, 4) is 0 Å². The van der Waals surface area contributed by atoms with Crippen molar-refractivity contribution in [1.82, 2.24) is 4.90 Å². The number of anilines is 1. The minimum atomic E-state index is -0.132. The number of aliphatic hydroxyl groups excluding tert-OH is 1. The molecule has 4 nitrogen and oxygen atoms in total. The fraction of sp³-hybridized carbons (Fsp3) is 0.588. The molecule has 130 valence electrons. The second kappa shape index (κ2) is 9.02. The summed E-state index contributed by atoms with van der Waals surface area (Å²) in [6, 6.07) is 4.64. The Morgan fingerprint density at radius 2 is 1.96 bits per heavy atom. The van der Waals surface area contributed by atoms with E-state index in [1.165, 1.54) is 12.5 Å². The van der Waals surface area contributed by atoms with Gasteiger partial charge in [0.1, 0.15) is 0 Å². The number of rotatable bonds is 4. The minimum absolute atomic E-state index is 0. The van der Waals surface area contributed by atoms with Gasteiger partial charge in [0.05, 0.1) is 11.8 Å². The van der Waals surface area contributed by atoms with Crippen LogP contribution in [0.25, 0.3) is 0 Å². The molecule has 0 heterocycles. The van der Waals surface area contributed by atoms with Crippen molar-refractivity contribution in [3.05, 3.63) is 27.7 Å². The molecule has 0 bridgehead atoms. The maximum atomic E-state index is 11.5. The van der Waals surface area contributed by atoms with Gasteiger partial charge >= 0.3 is 0 Å². The molecule has 6 heteroatoms. The van der Waals surface area contributed by atoms with Gasteiger partial charge in [0, 0.05) is 24.0 Å². The second-order valence-corrected chi connectivity index (χ2v) is 7.19. The normalized spacial score (nSPS) is 21.0. The van der Waals surface area contributed by atoms with Crippen LogP contribution in [0.3, 0.4) is 0 Å². The van der Waals surface area contributed by atoms with Gasteiger partial charge in [0.25, 0.3) is 0 Å². The van der Waals surface area contributed by atoms with Crippen molar-refractivity contribution in [3.63, 3.8) is 0 Å². The van der Waals surface area contributed by atoms with Gasteiger partial charge < -0.3 is 10.4 Å². The van der Waals surface area contributed by atoms with Crippen LogP contribution in [0.2, 0.25) is 0 Å². The largest absolute Gasteiger partial charge is 0.393 e.